The van der Waals surface area contributed by atoms with E-state index in [1.54, 1.807) is 16.8 Å². The summed E-state index contributed by atoms with van der Waals surface area (Å²) >= 11 is 6.41. The van der Waals surface area contributed by atoms with Gasteiger partial charge >= 0.3 is 0 Å². The Kier molecular flexibility index (Phi) is 5.50. The van der Waals surface area contributed by atoms with Crippen molar-refractivity contribution in [3.63, 3.8) is 0 Å². The van der Waals surface area contributed by atoms with Crippen LogP contribution in [0.2, 0.25) is 5.02 Å². The molecule has 0 bridgehead atoms. The molecule has 9 heteroatoms. The van der Waals surface area contributed by atoms with Crippen molar-refractivity contribution < 1.29 is 13.6 Å². The highest BCUT2D eigenvalue weighted by molar-refractivity contribution is 6.31. The molecule has 6 nitrogen and oxygen atoms in total. The van der Waals surface area contributed by atoms with Crippen LogP contribution in [0.15, 0.2) is 12.3 Å². The number of halogens is 3. The Morgan fingerprint density at radius 2 is 2.14 bits per heavy atom. The Morgan fingerprint density at radius 3 is 2.86 bits per heavy atom. The van der Waals surface area contributed by atoms with E-state index in [2.05, 4.69) is 22.3 Å². The maximum absolute atomic E-state index is 13.4. The summed E-state index contributed by atoms with van der Waals surface area (Å²) in [7, 11) is 0. The first-order valence-electron chi connectivity index (χ1n) is 10.2. The van der Waals surface area contributed by atoms with Gasteiger partial charge in [-0.2, -0.15) is 5.10 Å². The van der Waals surface area contributed by atoms with Crippen molar-refractivity contribution in [2.45, 2.75) is 57.4 Å². The van der Waals surface area contributed by atoms with Crippen molar-refractivity contribution in [3.8, 4) is 0 Å². The van der Waals surface area contributed by atoms with E-state index in [1.807, 2.05) is 0 Å². The van der Waals surface area contributed by atoms with Crippen molar-refractivity contribution in [1.29, 1.82) is 0 Å². The van der Waals surface area contributed by atoms with Crippen molar-refractivity contribution in [2.24, 2.45) is 23.5 Å². The second kappa shape index (κ2) is 7.80. The van der Waals surface area contributed by atoms with Crippen molar-refractivity contribution in [3.05, 3.63) is 28.7 Å². The molecule has 3 atom stereocenters. The molecular weight excluding hydrogens is 400 g/mol. The number of amides is 1. The maximum Gasteiger partial charge on any atom is 0.248 e. The van der Waals surface area contributed by atoms with Crippen molar-refractivity contribution in [1.82, 2.24) is 19.9 Å². The number of nitrogens with zero attached hydrogens (tertiary/aromatic N) is 3. The third kappa shape index (κ3) is 4.38. The van der Waals surface area contributed by atoms with E-state index in [1.165, 1.54) is 0 Å². The molecule has 2 aromatic heterocycles. The van der Waals surface area contributed by atoms with Crippen LogP contribution in [-0.4, -0.2) is 33.0 Å². The van der Waals surface area contributed by atoms with Crippen LogP contribution in [0.1, 0.15) is 56.5 Å². The number of nitrogens with one attached hydrogen (secondary N) is 1. The molecule has 0 spiro atoms. The fourth-order valence-electron chi connectivity index (χ4n) is 4.42. The highest BCUT2D eigenvalue weighted by atomic mass is 35.5. The van der Waals surface area contributed by atoms with Gasteiger partial charge in [0.25, 0.3) is 0 Å². The number of carbonyl (C=O) groups excluding carboxylic acids is 1. The standard InChI is InChI=1S/C20H26ClF2N5O/c1-11-6-13(19(29)25-9-11)7-15-14(21)8-17-26-16(10-28(17)27-15)18(24)12-2-4-20(22,23)5-3-12/h8,10-13,18H,2-7,9,24H2,1H3,(H,25,29)/t11-,13?,18+/m1/s1. The second-order valence-electron chi connectivity index (χ2n) is 8.61. The zero-order valence-corrected chi connectivity index (χ0v) is 17.1. The average molecular weight is 426 g/mol. The lowest BCUT2D eigenvalue weighted by Crippen LogP contribution is -2.41. The van der Waals surface area contributed by atoms with Crippen LogP contribution in [-0.2, 0) is 11.2 Å². The molecule has 1 unspecified atom stereocenters. The Morgan fingerprint density at radius 1 is 1.41 bits per heavy atom. The SMILES string of the molecule is C[C@H]1CNC(=O)C(Cc2nn3cc([C@@H](N)C4CCC(F)(F)CC4)nc3cc2Cl)C1. The topological polar surface area (TPSA) is 85.3 Å². The number of fused-ring (bicyclic) bond motifs is 1. The second-order valence-corrected chi connectivity index (χ2v) is 9.02. The van der Waals surface area contributed by atoms with Gasteiger partial charge in [-0.05, 0) is 31.1 Å². The van der Waals surface area contributed by atoms with Gasteiger partial charge in [0.15, 0.2) is 5.65 Å². The van der Waals surface area contributed by atoms with Crippen molar-refractivity contribution >= 4 is 23.2 Å². The highest BCUT2D eigenvalue weighted by Gasteiger charge is 2.37. The van der Waals surface area contributed by atoms with E-state index in [4.69, 9.17) is 17.3 Å². The van der Waals surface area contributed by atoms with Gasteiger partial charge in [0.1, 0.15) is 0 Å². The minimum atomic E-state index is -2.58. The first-order valence-corrected chi connectivity index (χ1v) is 10.6. The van der Waals surface area contributed by atoms with Crippen LogP contribution in [0.5, 0.6) is 0 Å². The van der Waals surface area contributed by atoms with Gasteiger partial charge in [0.05, 0.1) is 28.6 Å². The molecule has 2 aromatic rings. The van der Waals surface area contributed by atoms with Crippen LogP contribution < -0.4 is 11.1 Å². The van der Waals surface area contributed by atoms with E-state index in [-0.39, 0.29) is 30.6 Å². The van der Waals surface area contributed by atoms with Gasteiger partial charge in [-0.3, -0.25) is 4.79 Å². The Hall–Kier alpha value is -1.80. The van der Waals surface area contributed by atoms with Gasteiger partial charge < -0.3 is 11.1 Å². The lowest BCUT2D eigenvalue weighted by molar-refractivity contribution is -0.127. The summed E-state index contributed by atoms with van der Waals surface area (Å²) in [5.74, 6) is -2.32. The van der Waals surface area contributed by atoms with E-state index < -0.39 is 12.0 Å². The number of imidazole rings is 1. The van der Waals surface area contributed by atoms with E-state index in [0.29, 0.717) is 53.8 Å². The third-order valence-corrected chi connectivity index (χ3v) is 6.55. The van der Waals surface area contributed by atoms with E-state index >= 15 is 0 Å². The summed E-state index contributed by atoms with van der Waals surface area (Å²) in [6.45, 7) is 2.81. The smallest absolute Gasteiger partial charge is 0.248 e. The predicted molar refractivity (Wildman–Crippen MR) is 106 cm³/mol. The molecule has 1 amide bonds. The molecular formula is C20H26ClF2N5O. The van der Waals surface area contributed by atoms with Crippen LogP contribution >= 0.6 is 11.6 Å². The molecule has 3 N–H and O–H groups in total. The largest absolute Gasteiger partial charge is 0.356 e. The summed E-state index contributed by atoms with van der Waals surface area (Å²) < 4.78 is 28.5. The van der Waals surface area contributed by atoms with Gasteiger partial charge in [-0.15, -0.1) is 0 Å². The summed E-state index contributed by atoms with van der Waals surface area (Å²) in [4.78, 5) is 16.7. The van der Waals surface area contributed by atoms with Crippen LogP contribution in [0.4, 0.5) is 8.78 Å². The fraction of sp³-hybridized carbons (Fsp3) is 0.650. The zero-order chi connectivity index (χ0) is 20.8. The number of hydrogen-bond acceptors (Lipinski definition) is 4. The lowest BCUT2D eigenvalue weighted by Gasteiger charge is -2.31. The van der Waals surface area contributed by atoms with Crippen LogP contribution in [0.25, 0.3) is 5.65 Å². The molecule has 1 aliphatic heterocycles. The molecule has 158 valence electrons. The minimum Gasteiger partial charge on any atom is -0.356 e. The lowest BCUT2D eigenvalue weighted by atomic mass is 9.81. The molecule has 2 fully saturated rings. The first kappa shape index (κ1) is 20.5. The maximum atomic E-state index is 13.4. The molecule has 2 aliphatic rings. The normalized spacial score (nSPS) is 26.4. The Bertz CT molecular complexity index is 908. The van der Waals surface area contributed by atoms with Gasteiger partial charge in [0.2, 0.25) is 11.8 Å². The fourth-order valence-corrected chi connectivity index (χ4v) is 4.64. The molecule has 1 saturated carbocycles. The van der Waals surface area contributed by atoms with Gasteiger partial charge in [-0.25, -0.2) is 18.3 Å². The average Bonchev–Trinajstić information content (AvgIpc) is 3.07. The summed E-state index contributed by atoms with van der Waals surface area (Å²) in [6.07, 6.45) is 3.52. The molecule has 1 aliphatic carbocycles. The quantitative estimate of drug-likeness (QED) is 0.784. The predicted octanol–water partition coefficient (Wildman–Crippen LogP) is 3.52. The number of aromatic nitrogens is 3. The number of piperidine rings is 1. The van der Waals surface area contributed by atoms with Gasteiger partial charge in [0, 0.05) is 37.8 Å². The molecule has 0 aromatic carbocycles. The zero-order valence-electron chi connectivity index (χ0n) is 16.4. The van der Waals surface area contributed by atoms with E-state index in [9.17, 15) is 13.6 Å². The third-order valence-electron chi connectivity index (χ3n) is 6.23. The number of nitrogens with two attached hydrogens (primary N) is 1. The first-order chi connectivity index (χ1) is 13.7. The molecule has 0 radical (unpaired) electrons. The number of carbonyl (C=O) groups is 1. The molecule has 29 heavy (non-hydrogen) atoms. The van der Waals surface area contributed by atoms with Crippen molar-refractivity contribution in [2.75, 3.05) is 6.54 Å². The minimum absolute atomic E-state index is 0.0260. The van der Waals surface area contributed by atoms with Crippen LogP contribution in [0, 0.1) is 17.8 Å². The molecule has 1 saturated heterocycles. The molecule has 4 rings (SSSR count). The molecule has 3 heterocycles. The van der Waals surface area contributed by atoms with Crippen LogP contribution in [0.3, 0.4) is 0 Å². The number of rotatable bonds is 4. The van der Waals surface area contributed by atoms with Gasteiger partial charge in [-0.1, -0.05) is 18.5 Å². The number of hydrogen-bond donors (Lipinski definition) is 2. The summed E-state index contributed by atoms with van der Waals surface area (Å²) in [5, 5.41) is 7.95. The highest BCUT2D eigenvalue weighted by Crippen LogP contribution is 2.40. The summed E-state index contributed by atoms with van der Waals surface area (Å²) in [6, 6.07) is 1.30. The Balaban J connectivity index is 1.53. The number of alkyl halides is 2. The monoisotopic (exact) mass is 425 g/mol. The Labute approximate surface area is 173 Å². The summed E-state index contributed by atoms with van der Waals surface area (Å²) in [5.41, 5.74) is 8.18. The van der Waals surface area contributed by atoms with E-state index in [0.717, 1.165) is 6.42 Å².